The Hall–Kier alpha value is -4.70. The number of benzene rings is 5. The Bertz CT molecular complexity index is 2340. The van der Waals surface area contributed by atoms with Gasteiger partial charge in [0.25, 0.3) is 0 Å². The number of anilines is 8. The SMILES string of the molecule is Cc1c2c(cc3c1Nc1cc4c(cc1C3(C)C)C(C)(C)c1cc(C(C)(C)C)ccc1N4)C(C)(C)c1cc3c(cc1N2)Nc1ccc(C(C)(C)C)cc1C3(C)C. The molecular weight excluding hydrogens is 669 g/mol. The van der Waals surface area contributed by atoms with Gasteiger partial charge in [-0.25, -0.2) is 0 Å². The lowest BCUT2D eigenvalue weighted by Gasteiger charge is -2.45. The first-order valence-electron chi connectivity index (χ1n) is 20.4. The lowest BCUT2D eigenvalue weighted by atomic mass is 9.65. The Morgan fingerprint density at radius 3 is 0.982 bits per heavy atom. The molecule has 4 nitrogen and oxygen atoms in total. The fourth-order valence-corrected chi connectivity index (χ4v) is 10.2. The summed E-state index contributed by atoms with van der Waals surface area (Å²) >= 11 is 0. The summed E-state index contributed by atoms with van der Waals surface area (Å²) in [5.74, 6) is 0. The molecule has 0 bridgehead atoms. The van der Waals surface area contributed by atoms with Gasteiger partial charge in [0.05, 0.1) is 0 Å². The van der Waals surface area contributed by atoms with Crippen LogP contribution >= 0.6 is 0 Å². The minimum atomic E-state index is -0.221. The normalized spacial score (nSPS) is 18.5. The van der Waals surface area contributed by atoms with Crippen LogP contribution in [-0.2, 0) is 32.5 Å². The van der Waals surface area contributed by atoms with Crippen LogP contribution in [0.2, 0.25) is 0 Å². The Labute approximate surface area is 329 Å². The predicted molar refractivity (Wildman–Crippen MR) is 236 cm³/mol. The molecular formula is C51H60N4. The molecule has 4 N–H and O–H groups in total. The third-order valence-corrected chi connectivity index (χ3v) is 14.1. The fourth-order valence-electron chi connectivity index (χ4n) is 10.2. The van der Waals surface area contributed by atoms with Crippen LogP contribution in [0.4, 0.5) is 45.5 Å². The van der Waals surface area contributed by atoms with Crippen molar-refractivity contribution in [2.45, 2.75) is 136 Å². The molecule has 4 heterocycles. The molecule has 5 aromatic rings. The molecule has 9 rings (SSSR count). The highest BCUT2D eigenvalue weighted by molar-refractivity contribution is 5.92. The van der Waals surface area contributed by atoms with Crippen molar-refractivity contribution in [3.63, 3.8) is 0 Å². The average molecular weight is 729 g/mol. The smallest absolute Gasteiger partial charge is 0.0476 e. The van der Waals surface area contributed by atoms with Crippen LogP contribution in [0.3, 0.4) is 0 Å². The van der Waals surface area contributed by atoms with E-state index in [4.69, 9.17) is 0 Å². The molecule has 5 aromatic carbocycles. The van der Waals surface area contributed by atoms with Gasteiger partial charge in [-0.05, 0) is 121 Å². The molecule has 0 fully saturated rings. The summed E-state index contributed by atoms with van der Waals surface area (Å²) in [6.45, 7) is 35.4. The number of rotatable bonds is 0. The predicted octanol–water partition coefficient (Wildman–Crippen LogP) is 14.1. The van der Waals surface area contributed by atoms with Gasteiger partial charge in [-0.15, -0.1) is 0 Å². The van der Waals surface area contributed by atoms with Crippen molar-refractivity contribution in [2.75, 3.05) is 21.3 Å². The second-order valence-electron chi connectivity index (χ2n) is 21.3. The van der Waals surface area contributed by atoms with E-state index in [0.29, 0.717) is 0 Å². The van der Waals surface area contributed by atoms with E-state index in [1.54, 1.807) is 0 Å². The Morgan fingerprint density at radius 1 is 0.345 bits per heavy atom. The summed E-state index contributed by atoms with van der Waals surface area (Å²) in [5, 5.41) is 15.7. The third kappa shape index (κ3) is 4.95. The van der Waals surface area contributed by atoms with Crippen molar-refractivity contribution in [1.82, 2.24) is 0 Å². The van der Waals surface area contributed by atoms with Crippen molar-refractivity contribution in [3.05, 3.63) is 128 Å². The van der Waals surface area contributed by atoms with Gasteiger partial charge in [0, 0.05) is 67.2 Å². The van der Waals surface area contributed by atoms with E-state index in [-0.39, 0.29) is 32.5 Å². The van der Waals surface area contributed by atoms with Gasteiger partial charge < -0.3 is 21.3 Å². The molecule has 0 saturated carbocycles. The maximum atomic E-state index is 3.99. The minimum absolute atomic E-state index is 0.0883. The summed E-state index contributed by atoms with van der Waals surface area (Å²) < 4.78 is 0. The largest absolute Gasteiger partial charge is 0.355 e. The summed E-state index contributed by atoms with van der Waals surface area (Å²) in [6, 6.07) is 26.3. The van der Waals surface area contributed by atoms with Crippen LogP contribution in [0.1, 0.15) is 158 Å². The summed E-state index contributed by atoms with van der Waals surface area (Å²) in [5.41, 5.74) is 23.9. The van der Waals surface area contributed by atoms with Crippen molar-refractivity contribution in [3.8, 4) is 0 Å². The van der Waals surface area contributed by atoms with Gasteiger partial charge in [-0.3, -0.25) is 0 Å². The standard InChI is InChI=1S/C51H60N4/c1-27-44-36(50(12,13)34-22-32-40(25-42(34)54-44)52-38-18-16-28(46(2,3)4)20-30(38)48(32,8)9)24-37-45(27)55-43-26-41-33(23-35(43)51(37,14)15)49(10,11)31-21-29(47(5,6)7)17-19-39(31)53-41/h16-26,52-55H,1-15H3. The van der Waals surface area contributed by atoms with Crippen molar-refractivity contribution in [1.29, 1.82) is 0 Å². The van der Waals surface area contributed by atoms with Crippen LogP contribution in [0.5, 0.6) is 0 Å². The van der Waals surface area contributed by atoms with E-state index >= 15 is 0 Å². The van der Waals surface area contributed by atoms with E-state index < -0.39 is 0 Å². The maximum Gasteiger partial charge on any atom is 0.0476 e. The average Bonchev–Trinajstić information content (AvgIpc) is 3.07. The van der Waals surface area contributed by atoms with E-state index in [1.165, 1.54) is 107 Å². The van der Waals surface area contributed by atoms with Gasteiger partial charge in [0.2, 0.25) is 0 Å². The summed E-state index contributed by atoms with van der Waals surface area (Å²) in [6.07, 6.45) is 0. The highest BCUT2D eigenvalue weighted by Crippen LogP contribution is 2.58. The monoisotopic (exact) mass is 728 g/mol. The molecule has 4 aliphatic rings. The van der Waals surface area contributed by atoms with E-state index in [0.717, 1.165) is 0 Å². The van der Waals surface area contributed by atoms with Crippen LogP contribution in [0.25, 0.3) is 0 Å². The van der Waals surface area contributed by atoms with Gasteiger partial charge in [0.15, 0.2) is 0 Å². The molecule has 0 amide bonds. The summed E-state index contributed by atoms with van der Waals surface area (Å²) in [4.78, 5) is 0. The van der Waals surface area contributed by atoms with E-state index in [2.05, 4.69) is 192 Å². The molecule has 4 heteroatoms. The Kier molecular flexibility index (Phi) is 7.05. The second-order valence-corrected chi connectivity index (χ2v) is 21.3. The Balaban J connectivity index is 1.14. The van der Waals surface area contributed by atoms with Gasteiger partial charge in [-0.1, -0.05) is 121 Å². The van der Waals surface area contributed by atoms with Gasteiger partial charge >= 0.3 is 0 Å². The lowest BCUT2D eigenvalue weighted by molar-refractivity contribution is 0.580. The van der Waals surface area contributed by atoms with E-state index in [1.807, 2.05) is 0 Å². The number of fused-ring (bicyclic) bond motifs is 8. The molecule has 284 valence electrons. The number of hydrogen-bond donors (Lipinski definition) is 4. The lowest BCUT2D eigenvalue weighted by Crippen LogP contribution is -2.34. The number of nitrogens with one attached hydrogen (secondary N) is 4. The molecule has 0 aromatic heterocycles. The van der Waals surface area contributed by atoms with E-state index in [9.17, 15) is 0 Å². The second kappa shape index (κ2) is 10.8. The van der Waals surface area contributed by atoms with Gasteiger partial charge in [0.1, 0.15) is 0 Å². The molecule has 0 spiro atoms. The molecule has 55 heavy (non-hydrogen) atoms. The molecule has 0 atom stereocenters. The molecule has 4 aliphatic heterocycles. The highest BCUT2D eigenvalue weighted by atomic mass is 15.0. The van der Waals surface area contributed by atoms with Crippen LogP contribution < -0.4 is 21.3 Å². The quantitative estimate of drug-likeness (QED) is 0.128. The summed E-state index contributed by atoms with van der Waals surface area (Å²) in [7, 11) is 0. The topological polar surface area (TPSA) is 48.1 Å². The van der Waals surface area contributed by atoms with Crippen LogP contribution in [-0.4, -0.2) is 0 Å². The third-order valence-electron chi connectivity index (χ3n) is 14.1. The zero-order chi connectivity index (χ0) is 39.6. The van der Waals surface area contributed by atoms with Crippen LogP contribution in [0.15, 0.2) is 66.7 Å². The molecule has 0 unspecified atom stereocenters. The van der Waals surface area contributed by atoms with Gasteiger partial charge in [-0.2, -0.15) is 0 Å². The van der Waals surface area contributed by atoms with Crippen molar-refractivity contribution < 1.29 is 0 Å². The van der Waals surface area contributed by atoms with Crippen molar-refractivity contribution >= 4 is 45.5 Å². The maximum absolute atomic E-state index is 3.99. The molecule has 0 radical (unpaired) electrons. The zero-order valence-electron chi connectivity index (χ0n) is 35.9. The molecule has 0 saturated heterocycles. The van der Waals surface area contributed by atoms with Crippen molar-refractivity contribution in [2.24, 2.45) is 0 Å². The first-order chi connectivity index (χ1) is 25.4. The first-order valence-corrected chi connectivity index (χ1v) is 20.4. The van der Waals surface area contributed by atoms with Crippen LogP contribution in [0, 0.1) is 6.92 Å². The number of hydrogen-bond acceptors (Lipinski definition) is 4. The Morgan fingerprint density at radius 2 is 0.636 bits per heavy atom. The first kappa shape index (κ1) is 36.0. The fraction of sp³-hybridized carbons (Fsp3) is 0.412. The zero-order valence-corrected chi connectivity index (χ0v) is 35.9. The minimum Gasteiger partial charge on any atom is -0.355 e. The highest BCUT2D eigenvalue weighted by Gasteiger charge is 2.44. The molecule has 0 aliphatic carbocycles.